The SMILES string of the molecule is C[C@H](OC[C@H]1CCCO1)C(=O)NCc1ccccc1S(=O)(=O)N(C)C. The Morgan fingerprint density at radius 3 is 2.76 bits per heavy atom. The number of ether oxygens (including phenoxy) is 2. The van der Waals surface area contributed by atoms with E-state index >= 15 is 0 Å². The molecule has 1 amide bonds. The highest BCUT2D eigenvalue weighted by atomic mass is 32.2. The predicted molar refractivity (Wildman–Crippen MR) is 93.5 cm³/mol. The van der Waals surface area contributed by atoms with Crippen molar-refractivity contribution in [2.75, 3.05) is 27.3 Å². The van der Waals surface area contributed by atoms with Gasteiger partial charge in [-0.3, -0.25) is 4.79 Å². The van der Waals surface area contributed by atoms with Crippen molar-refractivity contribution in [2.24, 2.45) is 0 Å². The number of benzene rings is 1. The molecule has 0 spiro atoms. The summed E-state index contributed by atoms with van der Waals surface area (Å²) >= 11 is 0. The van der Waals surface area contributed by atoms with Crippen LogP contribution in [-0.2, 0) is 30.8 Å². The number of hydrogen-bond acceptors (Lipinski definition) is 5. The van der Waals surface area contributed by atoms with Crippen LogP contribution in [0.25, 0.3) is 0 Å². The van der Waals surface area contributed by atoms with E-state index < -0.39 is 16.1 Å². The van der Waals surface area contributed by atoms with E-state index in [4.69, 9.17) is 9.47 Å². The third-order valence-electron chi connectivity index (χ3n) is 4.11. The zero-order chi connectivity index (χ0) is 18.4. The Labute approximate surface area is 149 Å². The van der Waals surface area contributed by atoms with Crippen LogP contribution in [0, 0.1) is 0 Å². The van der Waals surface area contributed by atoms with Crippen molar-refractivity contribution in [1.82, 2.24) is 9.62 Å². The first kappa shape index (κ1) is 19.8. The molecular formula is C17H26N2O5S. The Bertz CT molecular complexity index is 684. The molecule has 0 unspecified atom stereocenters. The van der Waals surface area contributed by atoms with Crippen molar-refractivity contribution in [2.45, 2.75) is 43.4 Å². The highest BCUT2D eigenvalue weighted by molar-refractivity contribution is 7.89. The van der Waals surface area contributed by atoms with E-state index in [9.17, 15) is 13.2 Å². The van der Waals surface area contributed by atoms with E-state index in [-0.39, 0.29) is 23.5 Å². The van der Waals surface area contributed by atoms with Crippen LogP contribution < -0.4 is 5.32 Å². The van der Waals surface area contributed by atoms with Gasteiger partial charge < -0.3 is 14.8 Å². The van der Waals surface area contributed by atoms with Crippen LogP contribution in [-0.4, -0.2) is 58.1 Å². The Morgan fingerprint density at radius 2 is 2.12 bits per heavy atom. The van der Waals surface area contributed by atoms with Gasteiger partial charge in [0.15, 0.2) is 0 Å². The van der Waals surface area contributed by atoms with Gasteiger partial charge in [-0.15, -0.1) is 0 Å². The van der Waals surface area contributed by atoms with Gasteiger partial charge >= 0.3 is 0 Å². The molecule has 1 N–H and O–H groups in total. The Balaban J connectivity index is 1.93. The normalized spacial score (nSPS) is 19.1. The molecule has 0 aliphatic carbocycles. The van der Waals surface area contributed by atoms with Crippen molar-refractivity contribution in [3.63, 3.8) is 0 Å². The van der Waals surface area contributed by atoms with Crippen LogP contribution in [0.2, 0.25) is 0 Å². The molecule has 1 aliphatic heterocycles. The van der Waals surface area contributed by atoms with E-state index in [0.717, 1.165) is 23.8 Å². The highest BCUT2D eigenvalue weighted by Gasteiger charge is 2.22. The van der Waals surface area contributed by atoms with Gasteiger partial charge in [0.25, 0.3) is 0 Å². The summed E-state index contributed by atoms with van der Waals surface area (Å²) in [5.41, 5.74) is 0.538. The van der Waals surface area contributed by atoms with Crippen molar-refractivity contribution in [3.8, 4) is 0 Å². The fraction of sp³-hybridized carbons (Fsp3) is 0.588. The fourth-order valence-corrected chi connectivity index (χ4v) is 3.64. The van der Waals surface area contributed by atoms with Gasteiger partial charge in [-0.1, -0.05) is 18.2 Å². The predicted octanol–water partition coefficient (Wildman–Crippen LogP) is 1.14. The second-order valence-electron chi connectivity index (χ2n) is 6.22. The topological polar surface area (TPSA) is 84.9 Å². The van der Waals surface area contributed by atoms with E-state index in [0.29, 0.717) is 12.2 Å². The summed E-state index contributed by atoms with van der Waals surface area (Å²) < 4.78 is 36.9. The molecule has 1 aromatic carbocycles. The minimum atomic E-state index is -3.56. The van der Waals surface area contributed by atoms with Gasteiger partial charge in [-0.25, -0.2) is 12.7 Å². The molecule has 1 heterocycles. The van der Waals surface area contributed by atoms with Crippen LogP contribution in [0.15, 0.2) is 29.2 Å². The first-order valence-electron chi connectivity index (χ1n) is 8.33. The minimum Gasteiger partial charge on any atom is -0.376 e. The van der Waals surface area contributed by atoms with E-state index in [1.807, 2.05) is 0 Å². The molecule has 2 atom stereocenters. The summed E-state index contributed by atoms with van der Waals surface area (Å²) in [7, 11) is -0.607. The lowest BCUT2D eigenvalue weighted by atomic mass is 10.2. The van der Waals surface area contributed by atoms with Crippen LogP contribution in [0.4, 0.5) is 0 Å². The van der Waals surface area contributed by atoms with Crippen molar-refractivity contribution in [1.29, 1.82) is 0 Å². The lowest BCUT2D eigenvalue weighted by Gasteiger charge is -2.18. The molecule has 1 saturated heterocycles. The standard InChI is InChI=1S/C17H26N2O5S/c1-13(24-12-15-8-6-10-23-15)17(20)18-11-14-7-4-5-9-16(14)25(21,22)19(2)3/h4-5,7,9,13,15H,6,8,10-12H2,1-3H3,(H,18,20)/t13-,15+/m0/s1. The van der Waals surface area contributed by atoms with Crippen molar-refractivity contribution in [3.05, 3.63) is 29.8 Å². The average molecular weight is 370 g/mol. The summed E-state index contributed by atoms with van der Waals surface area (Å²) in [5.74, 6) is -0.282. The van der Waals surface area contributed by atoms with E-state index in [1.165, 1.54) is 20.2 Å². The van der Waals surface area contributed by atoms with Gasteiger partial charge in [0.2, 0.25) is 15.9 Å². The van der Waals surface area contributed by atoms with Crippen molar-refractivity contribution < 1.29 is 22.7 Å². The number of carbonyl (C=O) groups is 1. The molecule has 1 fully saturated rings. The average Bonchev–Trinajstić information content (AvgIpc) is 3.11. The largest absolute Gasteiger partial charge is 0.376 e. The van der Waals surface area contributed by atoms with Crippen LogP contribution in [0.5, 0.6) is 0 Å². The number of nitrogens with zero attached hydrogens (tertiary/aromatic N) is 1. The molecule has 0 saturated carbocycles. The molecule has 2 rings (SSSR count). The molecule has 0 radical (unpaired) electrons. The van der Waals surface area contributed by atoms with Crippen molar-refractivity contribution >= 4 is 15.9 Å². The van der Waals surface area contributed by atoms with Gasteiger partial charge in [-0.2, -0.15) is 0 Å². The first-order valence-corrected chi connectivity index (χ1v) is 9.77. The molecule has 25 heavy (non-hydrogen) atoms. The Hall–Kier alpha value is -1.48. The summed E-state index contributed by atoms with van der Waals surface area (Å²) in [4.78, 5) is 12.4. The number of nitrogens with one attached hydrogen (secondary N) is 1. The lowest BCUT2D eigenvalue weighted by molar-refractivity contribution is -0.133. The second kappa shape index (κ2) is 8.75. The summed E-state index contributed by atoms with van der Waals surface area (Å²) in [6, 6.07) is 6.63. The summed E-state index contributed by atoms with van der Waals surface area (Å²) in [6.07, 6.45) is 1.40. The van der Waals surface area contributed by atoms with Gasteiger partial charge in [0.1, 0.15) is 6.10 Å². The summed E-state index contributed by atoms with van der Waals surface area (Å²) in [6.45, 7) is 2.92. The smallest absolute Gasteiger partial charge is 0.249 e. The number of rotatable bonds is 8. The maximum atomic E-state index is 12.4. The maximum absolute atomic E-state index is 12.4. The number of hydrogen-bond donors (Lipinski definition) is 1. The maximum Gasteiger partial charge on any atom is 0.249 e. The number of sulfonamides is 1. The van der Waals surface area contributed by atoms with Gasteiger partial charge in [-0.05, 0) is 31.4 Å². The zero-order valence-corrected chi connectivity index (χ0v) is 15.7. The molecule has 0 bridgehead atoms. The Kier molecular flexibility index (Phi) is 6.95. The molecule has 7 nitrogen and oxygen atoms in total. The quantitative estimate of drug-likeness (QED) is 0.742. The third-order valence-corrected chi connectivity index (χ3v) is 6.03. The monoisotopic (exact) mass is 370 g/mol. The molecule has 140 valence electrons. The Morgan fingerprint density at radius 1 is 1.40 bits per heavy atom. The van der Waals surface area contributed by atoms with E-state index in [1.54, 1.807) is 25.1 Å². The second-order valence-corrected chi connectivity index (χ2v) is 8.34. The van der Waals surface area contributed by atoms with E-state index in [2.05, 4.69) is 5.32 Å². The van der Waals surface area contributed by atoms with Gasteiger partial charge in [0.05, 0.1) is 17.6 Å². The molecule has 1 aliphatic rings. The minimum absolute atomic E-state index is 0.0567. The van der Waals surface area contributed by atoms with Gasteiger partial charge in [0, 0.05) is 27.2 Å². The van der Waals surface area contributed by atoms with Crippen LogP contribution in [0.3, 0.4) is 0 Å². The molecule has 0 aromatic heterocycles. The lowest BCUT2D eigenvalue weighted by Crippen LogP contribution is -2.36. The molecule has 8 heteroatoms. The summed E-state index contributed by atoms with van der Waals surface area (Å²) in [5, 5.41) is 2.74. The number of amides is 1. The molecular weight excluding hydrogens is 344 g/mol. The zero-order valence-electron chi connectivity index (χ0n) is 14.9. The molecule has 1 aromatic rings. The highest BCUT2D eigenvalue weighted by Crippen LogP contribution is 2.18. The fourth-order valence-electron chi connectivity index (χ4n) is 2.53. The van der Waals surface area contributed by atoms with Crippen LogP contribution >= 0.6 is 0 Å². The van der Waals surface area contributed by atoms with Crippen LogP contribution in [0.1, 0.15) is 25.3 Å². The first-order chi connectivity index (χ1) is 11.8. The third kappa shape index (κ3) is 5.24. The number of carbonyl (C=O) groups excluding carboxylic acids is 1.